The summed E-state index contributed by atoms with van der Waals surface area (Å²) in [5.41, 5.74) is 2.97. The molecule has 1 aromatic carbocycles. The second-order valence-electron chi connectivity index (χ2n) is 5.39. The Balaban J connectivity index is 2.44. The molecule has 1 aliphatic heterocycles. The third kappa shape index (κ3) is 3.56. The van der Waals surface area contributed by atoms with Gasteiger partial charge in [0.1, 0.15) is 0 Å². The highest BCUT2D eigenvalue weighted by atomic mass is 79.9. The smallest absolute Gasteiger partial charge is 0.243 e. The molecule has 1 heterocycles. The molecule has 0 saturated carbocycles. The van der Waals surface area contributed by atoms with E-state index in [9.17, 15) is 8.42 Å². The van der Waals surface area contributed by atoms with E-state index in [-0.39, 0.29) is 0 Å². The van der Waals surface area contributed by atoms with E-state index in [1.807, 2.05) is 33.0 Å². The largest absolute Gasteiger partial charge is 0.316 e. The van der Waals surface area contributed by atoms with Crippen molar-refractivity contribution in [3.63, 3.8) is 0 Å². The van der Waals surface area contributed by atoms with Gasteiger partial charge in [0.25, 0.3) is 0 Å². The zero-order valence-corrected chi connectivity index (χ0v) is 15.0. The van der Waals surface area contributed by atoms with Crippen LogP contribution >= 0.6 is 15.9 Å². The first-order valence-corrected chi connectivity index (χ1v) is 9.19. The van der Waals surface area contributed by atoms with Crippen LogP contribution in [0.5, 0.6) is 0 Å². The monoisotopic (exact) mass is 372 g/mol. The number of nitrogens with zero attached hydrogens (tertiary/aromatic N) is 1. The summed E-state index contributed by atoms with van der Waals surface area (Å²) in [6.07, 6.45) is 2.79. The van der Waals surface area contributed by atoms with Gasteiger partial charge in [-0.15, -0.1) is 0 Å². The average molecular weight is 373 g/mol. The average Bonchev–Trinajstić information content (AvgIpc) is 2.43. The number of hydrogen-bond donors (Lipinski definition) is 1. The first-order valence-electron chi connectivity index (χ1n) is 6.95. The molecule has 0 unspecified atom stereocenters. The van der Waals surface area contributed by atoms with Gasteiger partial charge in [0, 0.05) is 24.1 Å². The second-order valence-corrected chi connectivity index (χ2v) is 8.16. The van der Waals surface area contributed by atoms with E-state index in [2.05, 4.69) is 21.2 Å². The van der Waals surface area contributed by atoms with Gasteiger partial charge in [0.05, 0.1) is 4.90 Å². The number of hydrogen-bond acceptors (Lipinski definition) is 3. The van der Waals surface area contributed by atoms with Crippen LogP contribution in [0.4, 0.5) is 0 Å². The lowest BCUT2D eigenvalue weighted by atomic mass is 10.1. The van der Waals surface area contributed by atoms with E-state index >= 15 is 0 Å². The molecule has 6 heteroatoms. The lowest BCUT2D eigenvalue weighted by Crippen LogP contribution is -2.35. The quantitative estimate of drug-likeness (QED) is 0.826. The topological polar surface area (TPSA) is 49.4 Å². The van der Waals surface area contributed by atoms with Crippen LogP contribution in [0.15, 0.2) is 33.2 Å². The predicted molar refractivity (Wildman–Crippen MR) is 88.8 cm³/mol. The van der Waals surface area contributed by atoms with Gasteiger partial charge in [-0.3, -0.25) is 0 Å². The van der Waals surface area contributed by atoms with Crippen LogP contribution < -0.4 is 5.32 Å². The van der Waals surface area contributed by atoms with Crippen molar-refractivity contribution in [1.82, 2.24) is 9.62 Å². The molecule has 1 aromatic rings. The summed E-state index contributed by atoms with van der Waals surface area (Å²) in [7, 11) is -1.60. The number of nitrogens with one attached hydrogen (secondary N) is 1. The Kier molecular flexibility index (Phi) is 5.24. The van der Waals surface area contributed by atoms with E-state index in [0.29, 0.717) is 24.5 Å². The van der Waals surface area contributed by atoms with Crippen LogP contribution in [0.3, 0.4) is 0 Å². The van der Waals surface area contributed by atoms with E-state index in [4.69, 9.17) is 0 Å². The molecule has 21 heavy (non-hydrogen) atoms. The molecule has 0 fully saturated rings. The van der Waals surface area contributed by atoms with Crippen LogP contribution in [0.2, 0.25) is 0 Å². The SMILES string of the molecule is CNCc1cc(Br)c(C)c(S(=O)(=O)N2CC=C(C)CC2)c1. The standard InChI is InChI=1S/C15H21BrN2O2S/c1-11-4-6-18(7-5-11)21(19,20)15-9-13(10-17-3)8-14(16)12(15)2/h4,8-9,17H,5-7,10H2,1-3H3. The van der Waals surface area contributed by atoms with Gasteiger partial charge in [-0.1, -0.05) is 27.6 Å². The molecule has 0 bridgehead atoms. The Bertz CT molecular complexity index is 668. The maximum atomic E-state index is 12.9. The Morgan fingerprint density at radius 3 is 2.62 bits per heavy atom. The molecule has 0 aromatic heterocycles. The fourth-order valence-electron chi connectivity index (χ4n) is 2.39. The van der Waals surface area contributed by atoms with Crippen LogP contribution in [0.1, 0.15) is 24.5 Å². The summed E-state index contributed by atoms with van der Waals surface area (Å²) in [6, 6.07) is 3.74. The maximum absolute atomic E-state index is 12.9. The number of sulfonamides is 1. The van der Waals surface area contributed by atoms with E-state index < -0.39 is 10.0 Å². The van der Waals surface area contributed by atoms with Crippen molar-refractivity contribution in [2.45, 2.75) is 31.7 Å². The van der Waals surface area contributed by atoms with Crippen molar-refractivity contribution in [2.24, 2.45) is 0 Å². The van der Waals surface area contributed by atoms with Gasteiger partial charge < -0.3 is 5.32 Å². The van der Waals surface area contributed by atoms with Crippen molar-refractivity contribution in [3.8, 4) is 0 Å². The fourth-order valence-corrected chi connectivity index (χ4v) is 4.71. The van der Waals surface area contributed by atoms with Crippen molar-refractivity contribution < 1.29 is 8.42 Å². The summed E-state index contributed by atoms with van der Waals surface area (Å²) in [6.45, 7) is 5.53. The molecule has 1 N–H and O–H groups in total. The van der Waals surface area contributed by atoms with Gasteiger partial charge in [-0.25, -0.2) is 8.42 Å². The summed E-state index contributed by atoms with van der Waals surface area (Å²) in [5, 5.41) is 3.06. The van der Waals surface area contributed by atoms with Crippen molar-refractivity contribution in [3.05, 3.63) is 39.4 Å². The summed E-state index contributed by atoms with van der Waals surface area (Å²) in [4.78, 5) is 0.398. The molecule has 0 spiro atoms. The van der Waals surface area contributed by atoms with Gasteiger partial charge in [0.2, 0.25) is 10.0 Å². The molecule has 0 aliphatic carbocycles. The fraction of sp³-hybridized carbons (Fsp3) is 0.467. The maximum Gasteiger partial charge on any atom is 0.243 e. The predicted octanol–water partition coefficient (Wildman–Crippen LogP) is 2.82. The minimum absolute atomic E-state index is 0.398. The molecule has 0 amide bonds. The minimum Gasteiger partial charge on any atom is -0.316 e. The summed E-state index contributed by atoms with van der Waals surface area (Å²) >= 11 is 3.47. The molecule has 116 valence electrons. The lowest BCUT2D eigenvalue weighted by molar-refractivity contribution is 0.431. The number of halogens is 1. The van der Waals surface area contributed by atoms with E-state index in [1.165, 1.54) is 5.57 Å². The highest BCUT2D eigenvalue weighted by Crippen LogP contribution is 2.29. The van der Waals surface area contributed by atoms with Gasteiger partial charge >= 0.3 is 0 Å². The van der Waals surface area contributed by atoms with Crippen molar-refractivity contribution in [1.29, 1.82) is 0 Å². The number of benzene rings is 1. The highest BCUT2D eigenvalue weighted by molar-refractivity contribution is 9.10. The van der Waals surface area contributed by atoms with Crippen LogP contribution in [-0.4, -0.2) is 32.9 Å². The minimum atomic E-state index is -3.45. The Hall–Kier alpha value is -0.690. The molecule has 1 aliphatic rings. The Morgan fingerprint density at radius 2 is 2.05 bits per heavy atom. The lowest BCUT2D eigenvalue weighted by Gasteiger charge is -2.26. The van der Waals surface area contributed by atoms with Crippen molar-refractivity contribution in [2.75, 3.05) is 20.1 Å². The van der Waals surface area contributed by atoms with E-state index in [0.717, 1.165) is 22.0 Å². The van der Waals surface area contributed by atoms with Crippen molar-refractivity contribution >= 4 is 26.0 Å². The van der Waals surface area contributed by atoms with Gasteiger partial charge in [-0.05, 0) is 50.6 Å². The normalized spacial score (nSPS) is 16.9. The van der Waals surface area contributed by atoms with Crippen LogP contribution in [0.25, 0.3) is 0 Å². The number of rotatable bonds is 4. The highest BCUT2D eigenvalue weighted by Gasteiger charge is 2.28. The summed E-state index contributed by atoms with van der Waals surface area (Å²) in [5.74, 6) is 0. The molecular formula is C15H21BrN2O2S. The molecule has 0 saturated heterocycles. The molecule has 2 rings (SSSR count). The first-order chi connectivity index (χ1) is 9.86. The molecule has 0 radical (unpaired) electrons. The van der Waals surface area contributed by atoms with E-state index in [1.54, 1.807) is 10.4 Å². The first kappa shape index (κ1) is 16.7. The van der Waals surface area contributed by atoms with Crippen LogP contribution in [-0.2, 0) is 16.6 Å². The second kappa shape index (κ2) is 6.60. The third-order valence-corrected chi connectivity index (χ3v) is 6.57. The van der Waals surface area contributed by atoms with Crippen LogP contribution in [0, 0.1) is 6.92 Å². The molecule has 4 nitrogen and oxygen atoms in total. The summed E-state index contributed by atoms with van der Waals surface area (Å²) < 4.78 is 28.1. The molecule has 0 atom stereocenters. The van der Waals surface area contributed by atoms with Gasteiger partial charge in [-0.2, -0.15) is 4.31 Å². The Morgan fingerprint density at radius 1 is 1.33 bits per heavy atom. The third-order valence-electron chi connectivity index (χ3n) is 3.75. The zero-order valence-electron chi connectivity index (χ0n) is 12.6. The molecular weight excluding hydrogens is 352 g/mol. The van der Waals surface area contributed by atoms with Gasteiger partial charge in [0.15, 0.2) is 0 Å². The Labute approximate surface area is 135 Å². The zero-order chi connectivity index (χ0) is 15.6.